The van der Waals surface area contributed by atoms with E-state index >= 15 is 0 Å². The summed E-state index contributed by atoms with van der Waals surface area (Å²) in [7, 11) is 0. The summed E-state index contributed by atoms with van der Waals surface area (Å²) < 4.78 is 57.6. The maximum Gasteiger partial charge on any atom is 0.335 e. The number of esters is 1. The smallest absolute Gasteiger partial charge is 0.335 e. The SMILES string of the molecule is CC[C@H](C)[C@H](O)C(=O)O[C@H]1CO[C@@H](O[C@@H]2C[C@H](O)CC3=CC[C@H]4[C@@H]5C[C@@H]6O[C@]7(CC[C@@H](C)CO7)[C@@H](C)[C@@H]6[C@@]5(C)CC[C@@H]4[C@]32C)[C@H](O[C@@H]2O[C@@H](C)[C@H](O)[C@@H](O)[C@H]2O)[C@H]1O[C@@H]1OC[C@@H](O)[C@H](O)[C@H]1O. The predicted molar refractivity (Wildman–Crippen MR) is 233 cm³/mol. The Hall–Kier alpha value is -1.43. The van der Waals surface area contributed by atoms with Crippen molar-refractivity contribution in [3.05, 3.63) is 11.6 Å². The standard InChI is InChI=1S/C49H78O18/c1-8-22(3)35(52)43(58)63-32-20-60-46(42(66-45-40(57)38(55)36(53)24(5)62-45)41(32)65-44-39(56)37(54)30(51)19-59-44)64-33-16-26(50)15-25-9-10-27-28(48(25,33)7)12-13-47(6)29(27)17-31-34(47)23(4)49(67-31)14-11-21(2)18-61-49/h9,21-24,26-42,44-46,50-57H,8,10-20H2,1-7H3/t21-,22+,23+,24+,26-,27-,28+,29+,30-,31+,32+,33-,34+,35+,36+,37+,38-,39-,40-,41+,42-,44+,45+,46+,47+,48+,49-/m1/s1. The van der Waals surface area contributed by atoms with Crippen LogP contribution in [0.2, 0.25) is 0 Å². The van der Waals surface area contributed by atoms with Gasteiger partial charge in [-0.1, -0.05) is 59.6 Å². The third-order valence-corrected chi connectivity index (χ3v) is 18.6. The van der Waals surface area contributed by atoms with Gasteiger partial charge in [-0.3, -0.25) is 0 Å². The second-order valence-corrected chi connectivity index (χ2v) is 22.5. The minimum absolute atomic E-state index is 0.0316. The summed E-state index contributed by atoms with van der Waals surface area (Å²) in [6.45, 7) is 14.2. The number of hydrogen-bond donors (Lipinski definition) is 8. The molecule has 1 spiro atoms. The highest BCUT2D eigenvalue weighted by molar-refractivity contribution is 5.75. The van der Waals surface area contributed by atoms with Crippen LogP contribution in [0, 0.1) is 52.3 Å². The molecule has 67 heavy (non-hydrogen) atoms. The van der Waals surface area contributed by atoms with Crippen LogP contribution < -0.4 is 0 Å². The molecule has 18 nitrogen and oxygen atoms in total. The van der Waals surface area contributed by atoms with Gasteiger partial charge in [-0.15, -0.1) is 0 Å². The molecule has 5 aliphatic heterocycles. The maximum absolute atomic E-state index is 13.5. The molecule has 0 radical (unpaired) electrons. The van der Waals surface area contributed by atoms with Crippen molar-refractivity contribution in [3.63, 3.8) is 0 Å². The summed E-state index contributed by atoms with van der Waals surface area (Å²) in [6, 6.07) is 0. The third-order valence-electron chi connectivity index (χ3n) is 18.6. The van der Waals surface area contributed by atoms with Gasteiger partial charge in [-0.25, -0.2) is 4.79 Å². The zero-order valence-corrected chi connectivity index (χ0v) is 40.1. The lowest BCUT2D eigenvalue weighted by molar-refractivity contribution is -0.382. The Labute approximate surface area is 393 Å². The van der Waals surface area contributed by atoms with E-state index in [4.69, 9.17) is 42.6 Å². The highest BCUT2D eigenvalue weighted by Crippen LogP contribution is 2.71. The summed E-state index contributed by atoms with van der Waals surface area (Å²) in [5.74, 6) is -0.0460. The van der Waals surface area contributed by atoms with Crippen LogP contribution in [-0.4, -0.2) is 177 Å². The molecule has 9 rings (SSSR count). The maximum atomic E-state index is 13.5. The molecule has 0 aromatic heterocycles. The summed E-state index contributed by atoms with van der Waals surface area (Å²) in [6.07, 6.45) is -13.6. The van der Waals surface area contributed by atoms with Crippen molar-refractivity contribution >= 4 is 5.97 Å². The second kappa shape index (κ2) is 19.2. The number of hydrogen-bond acceptors (Lipinski definition) is 18. The van der Waals surface area contributed by atoms with Crippen molar-refractivity contribution < 1.29 is 88.3 Å². The average Bonchev–Trinajstić information content (AvgIpc) is 3.75. The van der Waals surface area contributed by atoms with Crippen molar-refractivity contribution in [2.24, 2.45) is 52.3 Å². The Bertz CT molecular complexity index is 1780. The molecule has 5 heterocycles. The molecule has 0 bridgehead atoms. The lowest BCUT2D eigenvalue weighted by Gasteiger charge is -2.60. The fourth-order valence-corrected chi connectivity index (χ4v) is 14.3. The van der Waals surface area contributed by atoms with Gasteiger partial charge in [0.2, 0.25) is 0 Å². The monoisotopic (exact) mass is 955 g/mol. The van der Waals surface area contributed by atoms with Crippen LogP contribution >= 0.6 is 0 Å². The molecule has 0 aromatic rings. The number of ether oxygens (including phenoxy) is 9. The number of aliphatic hydroxyl groups excluding tert-OH is 8. The fraction of sp³-hybridized carbons (Fsp3) is 0.939. The minimum Gasteiger partial charge on any atom is -0.455 e. The first kappa shape index (κ1) is 50.5. The van der Waals surface area contributed by atoms with Gasteiger partial charge < -0.3 is 83.5 Å². The van der Waals surface area contributed by atoms with E-state index in [1.54, 1.807) is 6.92 Å². The zero-order valence-electron chi connectivity index (χ0n) is 40.1. The van der Waals surface area contributed by atoms with Crippen LogP contribution in [0.15, 0.2) is 11.6 Å². The Morgan fingerprint density at radius 3 is 2.25 bits per heavy atom. The predicted octanol–water partition coefficient (Wildman–Crippen LogP) is 1.42. The topological polar surface area (TPSA) is 262 Å². The van der Waals surface area contributed by atoms with Crippen molar-refractivity contribution in [1.29, 1.82) is 0 Å². The van der Waals surface area contributed by atoms with Crippen molar-refractivity contribution in [1.82, 2.24) is 0 Å². The number of carbonyl (C=O) groups is 1. The fourth-order valence-electron chi connectivity index (χ4n) is 14.3. The minimum atomic E-state index is -1.80. The van der Waals surface area contributed by atoms with Gasteiger partial charge in [0, 0.05) is 24.2 Å². The largest absolute Gasteiger partial charge is 0.455 e. The molecule has 0 aromatic carbocycles. The van der Waals surface area contributed by atoms with Gasteiger partial charge in [-0.2, -0.15) is 0 Å². The Morgan fingerprint density at radius 2 is 1.54 bits per heavy atom. The molecule has 0 unspecified atom stereocenters. The molecular weight excluding hydrogens is 877 g/mol. The van der Waals surface area contributed by atoms with Gasteiger partial charge in [-0.05, 0) is 86.4 Å². The highest BCUT2D eigenvalue weighted by atomic mass is 16.8. The third kappa shape index (κ3) is 8.69. The molecular formula is C49H78O18. The van der Waals surface area contributed by atoms with Gasteiger partial charge >= 0.3 is 5.97 Å². The van der Waals surface area contributed by atoms with Gasteiger partial charge in [0.05, 0.1) is 44.2 Å². The summed E-state index contributed by atoms with van der Waals surface area (Å²) in [5, 5.41) is 87.3. The molecule has 27 atom stereocenters. The summed E-state index contributed by atoms with van der Waals surface area (Å²) >= 11 is 0. The molecule has 0 amide bonds. The van der Waals surface area contributed by atoms with Crippen LogP contribution in [0.25, 0.3) is 0 Å². The lowest BCUT2D eigenvalue weighted by atomic mass is 9.46. The van der Waals surface area contributed by atoms with Crippen molar-refractivity contribution in [2.45, 2.75) is 216 Å². The average molecular weight is 955 g/mol. The van der Waals surface area contributed by atoms with Gasteiger partial charge in [0.15, 0.2) is 36.9 Å². The van der Waals surface area contributed by atoms with E-state index in [-0.39, 0.29) is 36.4 Å². The molecule has 382 valence electrons. The molecule has 8 N–H and O–H groups in total. The van der Waals surface area contributed by atoms with E-state index in [9.17, 15) is 45.6 Å². The summed E-state index contributed by atoms with van der Waals surface area (Å²) in [5.41, 5.74) is 0.538. The molecule has 18 heteroatoms. The first-order valence-corrected chi connectivity index (χ1v) is 25.2. The van der Waals surface area contributed by atoms with E-state index < -0.39 is 128 Å². The Balaban J connectivity index is 1.03. The molecule has 8 fully saturated rings. The van der Waals surface area contributed by atoms with Crippen LogP contribution in [-0.2, 0) is 47.4 Å². The molecule has 3 saturated carbocycles. The van der Waals surface area contributed by atoms with E-state index in [1.165, 1.54) is 6.92 Å². The normalized spacial score (nSPS) is 54.0. The highest BCUT2D eigenvalue weighted by Gasteiger charge is 2.70. The Kier molecular flexibility index (Phi) is 14.5. The van der Waals surface area contributed by atoms with Gasteiger partial charge in [0.25, 0.3) is 0 Å². The number of allylic oxidation sites excluding steroid dienone is 1. The lowest BCUT2D eigenvalue weighted by Crippen LogP contribution is -2.65. The van der Waals surface area contributed by atoms with Crippen LogP contribution in [0.5, 0.6) is 0 Å². The first-order valence-electron chi connectivity index (χ1n) is 25.2. The zero-order chi connectivity index (χ0) is 48.1. The first-order chi connectivity index (χ1) is 31.7. The van der Waals surface area contributed by atoms with Crippen molar-refractivity contribution in [2.75, 3.05) is 19.8 Å². The summed E-state index contributed by atoms with van der Waals surface area (Å²) in [4.78, 5) is 13.5. The van der Waals surface area contributed by atoms with Gasteiger partial charge in [0.1, 0.15) is 48.8 Å². The van der Waals surface area contributed by atoms with Crippen LogP contribution in [0.3, 0.4) is 0 Å². The van der Waals surface area contributed by atoms with Crippen LogP contribution in [0.4, 0.5) is 0 Å². The van der Waals surface area contributed by atoms with Crippen molar-refractivity contribution in [3.8, 4) is 0 Å². The van der Waals surface area contributed by atoms with E-state index in [0.29, 0.717) is 43.1 Å². The number of fused-ring (bicyclic) bond motifs is 7. The molecule has 4 aliphatic carbocycles. The number of rotatable bonds is 10. The molecule has 5 saturated heterocycles. The van der Waals surface area contributed by atoms with E-state index in [0.717, 1.165) is 44.1 Å². The van der Waals surface area contributed by atoms with E-state index in [2.05, 4.69) is 33.8 Å². The van der Waals surface area contributed by atoms with Crippen LogP contribution in [0.1, 0.15) is 106 Å². The molecule has 9 aliphatic rings. The number of carbonyl (C=O) groups excluding carboxylic acids is 1. The number of aliphatic hydroxyl groups is 8. The second-order valence-electron chi connectivity index (χ2n) is 22.5. The Morgan fingerprint density at radius 1 is 0.821 bits per heavy atom. The van der Waals surface area contributed by atoms with E-state index in [1.807, 2.05) is 6.92 Å². The quantitative estimate of drug-likeness (QED) is 0.114.